The molecule has 1 heterocycles. The molecule has 0 bridgehead atoms. The third-order valence-electron chi connectivity index (χ3n) is 1.64. The van der Waals surface area contributed by atoms with E-state index in [1.807, 2.05) is 0 Å². The van der Waals surface area contributed by atoms with E-state index in [1.165, 1.54) is 13.8 Å². The average Bonchev–Trinajstić information content (AvgIpc) is 2.50. The fourth-order valence-electron chi connectivity index (χ4n) is 0.794. The molecular weight excluding hydrogens is 175 g/mol. The van der Waals surface area contributed by atoms with Crippen molar-refractivity contribution in [2.75, 3.05) is 0 Å². The van der Waals surface area contributed by atoms with Crippen molar-refractivity contribution in [1.82, 2.24) is 10.1 Å². The normalized spacial score (nSPS) is 14.5. The van der Waals surface area contributed by atoms with Gasteiger partial charge in [0.15, 0.2) is 11.5 Å². The van der Waals surface area contributed by atoms with E-state index >= 15 is 0 Å². The monoisotopic (exact) mass is 188 g/mol. The van der Waals surface area contributed by atoms with Gasteiger partial charge in [0.1, 0.15) is 6.10 Å². The van der Waals surface area contributed by atoms with Gasteiger partial charge in [-0.3, -0.25) is 0 Å². The first-order valence-electron chi connectivity index (χ1n) is 4.16. The summed E-state index contributed by atoms with van der Waals surface area (Å²) in [4.78, 5) is 3.75. The van der Waals surface area contributed by atoms with Crippen LogP contribution in [0.3, 0.4) is 0 Å². The molecule has 5 heteroatoms. The minimum atomic E-state index is -1.65. The SMILES string of the molecule is CCC(O)c1noc(C(C)(C)F)n1. The highest BCUT2D eigenvalue weighted by Gasteiger charge is 2.27. The molecule has 4 nitrogen and oxygen atoms in total. The summed E-state index contributed by atoms with van der Waals surface area (Å²) >= 11 is 0. The summed E-state index contributed by atoms with van der Waals surface area (Å²) in [5.41, 5.74) is -1.65. The van der Waals surface area contributed by atoms with Gasteiger partial charge in [0.2, 0.25) is 0 Å². The average molecular weight is 188 g/mol. The van der Waals surface area contributed by atoms with Gasteiger partial charge in [0.25, 0.3) is 5.89 Å². The molecular formula is C8H13FN2O2. The van der Waals surface area contributed by atoms with Crippen LogP contribution in [-0.2, 0) is 5.67 Å². The number of alkyl halides is 1. The smallest absolute Gasteiger partial charge is 0.263 e. The molecule has 0 amide bonds. The van der Waals surface area contributed by atoms with Crippen LogP contribution in [0.15, 0.2) is 4.52 Å². The Kier molecular flexibility index (Phi) is 2.66. The highest BCUT2D eigenvalue weighted by Crippen LogP contribution is 2.24. The minimum Gasteiger partial charge on any atom is -0.385 e. The van der Waals surface area contributed by atoms with Crippen LogP contribution in [-0.4, -0.2) is 15.2 Å². The lowest BCUT2D eigenvalue weighted by molar-refractivity contribution is 0.150. The Morgan fingerprint density at radius 3 is 2.62 bits per heavy atom. The van der Waals surface area contributed by atoms with Crippen LogP contribution in [0.5, 0.6) is 0 Å². The largest absolute Gasteiger partial charge is 0.385 e. The van der Waals surface area contributed by atoms with Crippen LogP contribution in [0.4, 0.5) is 4.39 Å². The van der Waals surface area contributed by atoms with Crippen LogP contribution >= 0.6 is 0 Å². The molecule has 0 aliphatic rings. The maximum atomic E-state index is 13.2. The molecule has 0 spiro atoms. The Hall–Kier alpha value is -0.970. The number of halogens is 1. The molecule has 0 aliphatic heterocycles. The topological polar surface area (TPSA) is 59.2 Å². The van der Waals surface area contributed by atoms with E-state index in [0.29, 0.717) is 6.42 Å². The van der Waals surface area contributed by atoms with E-state index < -0.39 is 11.8 Å². The van der Waals surface area contributed by atoms with E-state index in [-0.39, 0.29) is 11.7 Å². The van der Waals surface area contributed by atoms with Gasteiger partial charge in [-0.05, 0) is 20.3 Å². The minimum absolute atomic E-state index is 0.102. The summed E-state index contributed by atoms with van der Waals surface area (Å²) in [6, 6.07) is 0. The Balaban J connectivity index is 2.87. The van der Waals surface area contributed by atoms with Gasteiger partial charge in [-0.15, -0.1) is 0 Å². The number of aromatic nitrogens is 2. The zero-order valence-electron chi connectivity index (χ0n) is 7.91. The van der Waals surface area contributed by atoms with Gasteiger partial charge in [-0.1, -0.05) is 12.1 Å². The lowest BCUT2D eigenvalue weighted by Crippen LogP contribution is -2.09. The molecule has 0 aliphatic carbocycles. The van der Waals surface area contributed by atoms with Crippen molar-refractivity contribution in [2.24, 2.45) is 0 Å². The Bertz CT molecular complexity index is 280. The van der Waals surface area contributed by atoms with Gasteiger partial charge in [-0.25, -0.2) is 4.39 Å². The molecule has 74 valence electrons. The van der Waals surface area contributed by atoms with Gasteiger partial charge in [-0.2, -0.15) is 4.98 Å². The van der Waals surface area contributed by atoms with E-state index in [4.69, 9.17) is 0 Å². The van der Waals surface area contributed by atoms with Crippen molar-refractivity contribution in [1.29, 1.82) is 0 Å². The first-order valence-corrected chi connectivity index (χ1v) is 4.16. The van der Waals surface area contributed by atoms with Crippen LogP contribution in [0.2, 0.25) is 0 Å². The summed E-state index contributed by atoms with van der Waals surface area (Å²) in [5.74, 6) is 0.0400. The molecule has 1 N–H and O–H groups in total. The molecule has 1 unspecified atom stereocenters. The quantitative estimate of drug-likeness (QED) is 0.784. The first-order chi connectivity index (χ1) is 5.95. The van der Waals surface area contributed by atoms with E-state index in [1.54, 1.807) is 6.92 Å². The molecule has 1 aromatic heterocycles. The fourth-order valence-corrected chi connectivity index (χ4v) is 0.794. The van der Waals surface area contributed by atoms with Crippen molar-refractivity contribution in [3.8, 4) is 0 Å². The van der Waals surface area contributed by atoms with Crippen molar-refractivity contribution >= 4 is 0 Å². The molecule has 0 saturated heterocycles. The summed E-state index contributed by atoms with van der Waals surface area (Å²) in [6.07, 6.45) is -0.300. The number of hydrogen-bond acceptors (Lipinski definition) is 4. The van der Waals surface area contributed by atoms with Gasteiger partial charge >= 0.3 is 0 Å². The van der Waals surface area contributed by atoms with E-state index in [2.05, 4.69) is 14.7 Å². The summed E-state index contributed by atoms with van der Waals surface area (Å²) in [7, 11) is 0. The number of aliphatic hydroxyl groups excluding tert-OH is 1. The maximum Gasteiger partial charge on any atom is 0.263 e. The summed E-state index contributed by atoms with van der Waals surface area (Å²) in [6.45, 7) is 4.42. The summed E-state index contributed by atoms with van der Waals surface area (Å²) < 4.78 is 17.9. The van der Waals surface area contributed by atoms with Crippen LogP contribution in [0, 0.1) is 0 Å². The van der Waals surface area contributed by atoms with Crippen LogP contribution < -0.4 is 0 Å². The zero-order chi connectivity index (χ0) is 10.1. The second kappa shape index (κ2) is 3.41. The maximum absolute atomic E-state index is 13.2. The van der Waals surface area contributed by atoms with Crippen molar-refractivity contribution in [3.63, 3.8) is 0 Å². The molecule has 1 aromatic rings. The van der Waals surface area contributed by atoms with Crippen LogP contribution in [0.1, 0.15) is 45.0 Å². The van der Waals surface area contributed by atoms with Crippen molar-refractivity contribution in [2.45, 2.75) is 39.0 Å². The number of rotatable bonds is 3. The molecule has 1 rings (SSSR count). The van der Waals surface area contributed by atoms with Crippen LogP contribution in [0.25, 0.3) is 0 Å². The van der Waals surface area contributed by atoms with E-state index in [0.717, 1.165) is 0 Å². The fraction of sp³-hybridized carbons (Fsp3) is 0.750. The molecule has 1 atom stereocenters. The second-order valence-corrected chi connectivity index (χ2v) is 3.35. The van der Waals surface area contributed by atoms with Gasteiger partial charge < -0.3 is 9.63 Å². The highest BCUT2D eigenvalue weighted by atomic mass is 19.1. The summed E-state index contributed by atoms with van der Waals surface area (Å²) in [5, 5.41) is 12.8. The third-order valence-corrected chi connectivity index (χ3v) is 1.64. The Morgan fingerprint density at radius 2 is 2.23 bits per heavy atom. The Labute approximate surface area is 75.8 Å². The second-order valence-electron chi connectivity index (χ2n) is 3.35. The number of nitrogens with zero attached hydrogens (tertiary/aromatic N) is 2. The predicted molar refractivity (Wildman–Crippen MR) is 43.7 cm³/mol. The molecule has 13 heavy (non-hydrogen) atoms. The molecule has 0 radical (unpaired) electrons. The molecule has 0 fully saturated rings. The number of aliphatic hydroxyl groups is 1. The molecule has 0 aromatic carbocycles. The predicted octanol–water partition coefficient (Wildman–Crippen LogP) is 1.72. The standard InChI is InChI=1S/C8H13FN2O2/c1-4-5(12)6-10-7(13-11-6)8(2,3)9/h5,12H,4H2,1-3H3. The molecule has 0 saturated carbocycles. The lowest BCUT2D eigenvalue weighted by atomic mass is 10.2. The van der Waals surface area contributed by atoms with Gasteiger partial charge in [0.05, 0.1) is 0 Å². The third kappa shape index (κ3) is 2.24. The van der Waals surface area contributed by atoms with E-state index in [9.17, 15) is 9.50 Å². The number of hydrogen-bond donors (Lipinski definition) is 1. The van der Waals surface area contributed by atoms with Crippen molar-refractivity contribution < 1.29 is 14.0 Å². The Morgan fingerprint density at radius 1 is 1.62 bits per heavy atom. The first kappa shape index (κ1) is 10.1. The zero-order valence-corrected chi connectivity index (χ0v) is 7.91. The van der Waals surface area contributed by atoms with Gasteiger partial charge in [0, 0.05) is 0 Å². The van der Waals surface area contributed by atoms with Crippen molar-refractivity contribution in [3.05, 3.63) is 11.7 Å². The highest BCUT2D eigenvalue weighted by molar-refractivity contribution is 4.96. The lowest BCUT2D eigenvalue weighted by Gasteiger charge is -2.05.